The van der Waals surface area contributed by atoms with E-state index in [1.807, 2.05) is 0 Å². The van der Waals surface area contributed by atoms with Crippen molar-refractivity contribution in [3.05, 3.63) is 59.2 Å². The molecule has 0 radical (unpaired) electrons. The number of hydrogen-bond donors (Lipinski definition) is 3. The number of halogens is 2. The van der Waals surface area contributed by atoms with Crippen LogP contribution in [0.4, 0.5) is 20.2 Å². The molecule has 1 aliphatic carbocycles. The van der Waals surface area contributed by atoms with E-state index < -0.39 is 43.8 Å². The summed E-state index contributed by atoms with van der Waals surface area (Å²) < 4.78 is 53.5. The van der Waals surface area contributed by atoms with Crippen molar-refractivity contribution in [2.45, 2.75) is 42.6 Å². The van der Waals surface area contributed by atoms with Gasteiger partial charge >= 0.3 is 0 Å². The van der Waals surface area contributed by atoms with Gasteiger partial charge in [0.2, 0.25) is 15.6 Å². The van der Waals surface area contributed by atoms with Crippen LogP contribution in [0.5, 0.6) is 0 Å². The van der Waals surface area contributed by atoms with Crippen LogP contribution in [0.1, 0.15) is 36.8 Å². The van der Waals surface area contributed by atoms with Crippen molar-refractivity contribution in [3.8, 4) is 0 Å². The molecule has 1 saturated heterocycles. The lowest BCUT2D eigenvalue weighted by atomic mass is 9.78. The lowest BCUT2D eigenvalue weighted by molar-refractivity contribution is -0.149. The first kappa shape index (κ1) is 21.8. The molecule has 1 spiro atoms. The number of carbonyl (C=O) groups excluding carboxylic acids is 2. The van der Waals surface area contributed by atoms with Gasteiger partial charge in [-0.25, -0.2) is 17.2 Å². The summed E-state index contributed by atoms with van der Waals surface area (Å²) >= 11 is 0. The van der Waals surface area contributed by atoms with Gasteiger partial charge in [0.1, 0.15) is 16.4 Å². The third-order valence-corrected chi connectivity index (χ3v) is 8.92. The lowest BCUT2D eigenvalue weighted by Crippen LogP contribution is -2.52. The Hall–Kier alpha value is -3.05. The minimum Gasteiger partial charge on any atom is -0.372 e. The van der Waals surface area contributed by atoms with Crippen LogP contribution < -0.4 is 14.9 Å². The van der Waals surface area contributed by atoms with Gasteiger partial charge in [-0.05, 0) is 55.2 Å². The van der Waals surface area contributed by atoms with Crippen molar-refractivity contribution in [3.63, 3.8) is 0 Å². The van der Waals surface area contributed by atoms with Gasteiger partial charge in [-0.15, -0.1) is 0 Å². The summed E-state index contributed by atoms with van der Waals surface area (Å²) in [5.74, 6) is -3.43. The molecular weight excluding hydrogens is 456 g/mol. The molecule has 2 aliphatic heterocycles. The van der Waals surface area contributed by atoms with E-state index in [0.29, 0.717) is 35.8 Å². The zero-order chi connectivity index (χ0) is 23.6. The number of nitrogens with zero attached hydrogens (tertiary/aromatic N) is 1. The molecule has 8 nitrogen and oxygen atoms in total. The van der Waals surface area contributed by atoms with Crippen molar-refractivity contribution in [1.29, 1.82) is 0 Å². The summed E-state index contributed by atoms with van der Waals surface area (Å²) in [6.07, 6.45) is 1.57. The van der Waals surface area contributed by atoms with E-state index in [9.17, 15) is 31.9 Å². The van der Waals surface area contributed by atoms with Crippen LogP contribution in [0.3, 0.4) is 0 Å². The molecule has 1 atom stereocenters. The minimum atomic E-state index is -3.56. The molecule has 0 aromatic heterocycles. The zero-order valence-electron chi connectivity index (χ0n) is 17.4. The quantitative estimate of drug-likeness (QED) is 0.582. The molecule has 2 heterocycles. The summed E-state index contributed by atoms with van der Waals surface area (Å²) in [6.45, 7) is -0.225. The molecule has 33 heavy (non-hydrogen) atoms. The standard InChI is InChI=1S/C22H21F2N3O5S/c23-14-8-13(9-15(24)10-14)12-25-19(28)22(30)6-7-27(20(22)29)16-2-3-18-17(11-16)21(4-1-5-21)33(31,32)26-18/h2-3,8-11,26,30H,1,4-7,12H2,(H,25,28)/t22-/m0/s1. The lowest BCUT2D eigenvalue weighted by Gasteiger charge is -2.36. The number of anilines is 2. The second-order valence-corrected chi connectivity index (χ2v) is 10.7. The summed E-state index contributed by atoms with van der Waals surface area (Å²) in [5.41, 5.74) is -0.749. The second-order valence-electron chi connectivity index (χ2n) is 8.71. The molecule has 1 saturated carbocycles. The number of rotatable bonds is 4. The van der Waals surface area contributed by atoms with Crippen molar-refractivity contribution >= 4 is 33.2 Å². The van der Waals surface area contributed by atoms with Crippen LogP contribution in [-0.4, -0.2) is 37.5 Å². The molecule has 2 aromatic carbocycles. The summed E-state index contributed by atoms with van der Waals surface area (Å²) in [5, 5.41) is 13.2. The number of sulfonamides is 1. The van der Waals surface area contributed by atoms with Crippen molar-refractivity contribution in [2.75, 3.05) is 16.2 Å². The van der Waals surface area contributed by atoms with Gasteiger partial charge < -0.3 is 15.3 Å². The van der Waals surface area contributed by atoms with Crippen LogP contribution in [0.25, 0.3) is 0 Å². The fourth-order valence-electron chi connectivity index (χ4n) is 4.79. The largest absolute Gasteiger partial charge is 0.372 e. The molecule has 0 bridgehead atoms. The maximum absolute atomic E-state index is 13.4. The number of nitrogens with one attached hydrogen (secondary N) is 2. The van der Waals surface area contributed by atoms with E-state index in [1.165, 1.54) is 4.90 Å². The van der Waals surface area contributed by atoms with Crippen LogP contribution >= 0.6 is 0 Å². The van der Waals surface area contributed by atoms with Crippen molar-refractivity contribution in [1.82, 2.24) is 5.32 Å². The molecule has 11 heteroatoms. The minimum absolute atomic E-state index is 0.0450. The Balaban J connectivity index is 1.35. The Bertz CT molecular complexity index is 1270. The van der Waals surface area contributed by atoms with E-state index in [2.05, 4.69) is 10.0 Å². The predicted octanol–water partition coefficient (Wildman–Crippen LogP) is 1.88. The van der Waals surface area contributed by atoms with E-state index in [1.54, 1.807) is 18.2 Å². The van der Waals surface area contributed by atoms with Crippen molar-refractivity contribution in [2.24, 2.45) is 0 Å². The second kappa shape index (κ2) is 7.22. The summed E-state index contributed by atoms with van der Waals surface area (Å²) in [7, 11) is -3.56. The van der Waals surface area contributed by atoms with Gasteiger partial charge in [0, 0.05) is 36.8 Å². The Labute approximate surface area is 188 Å². The Morgan fingerprint density at radius 1 is 1.12 bits per heavy atom. The highest BCUT2D eigenvalue weighted by atomic mass is 32.2. The topological polar surface area (TPSA) is 116 Å². The third-order valence-electron chi connectivity index (χ3n) is 6.77. The Kier molecular flexibility index (Phi) is 4.77. The summed E-state index contributed by atoms with van der Waals surface area (Å²) in [6, 6.07) is 7.55. The highest BCUT2D eigenvalue weighted by Crippen LogP contribution is 2.55. The van der Waals surface area contributed by atoms with Gasteiger partial charge in [0.05, 0.1) is 5.69 Å². The molecule has 174 valence electrons. The van der Waals surface area contributed by atoms with Crippen LogP contribution in [0.15, 0.2) is 36.4 Å². The molecular formula is C22H21F2N3O5S. The number of amides is 2. The van der Waals surface area contributed by atoms with Crippen LogP contribution in [0.2, 0.25) is 0 Å². The predicted molar refractivity (Wildman–Crippen MR) is 115 cm³/mol. The molecule has 2 amide bonds. The zero-order valence-corrected chi connectivity index (χ0v) is 18.2. The van der Waals surface area contributed by atoms with E-state index in [0.717, 1.165) is 18.6 Å². The Morgan fingerprint density at radius 2 is 1.82 bits per heavy atom. The molecule has 2 aromatic rings. The van der Waals surface area contributed by atoms with Gasteiger partial charge in [0.25, 0.3) is 11.8 Å². The molecule has 3 aliphatic rings. The third kappa shape index (κ3) is 3.21. The first-order chi connectivity index (χ1) is 15.6. The number of fused-ring (bicyclic) bond motifs is 2. The molecule has 2 fully saturated rings. The first-order valence-electron chi connectivity index (χ1n) is 10.5. The number of carbonyl (C=O) groups is 2. The van der Waals surface area contributed by atoms with Gasteiger partial charge in [0.15, 0.2) is 0 Å². The van der Waals surface area contributed by atoms with Gasteiger partial charge in [-0.2, -0.15) is 0 Å². The van der Waals surface area contributed by atoms with Crippen LogP contribution in [-0.2, 0) is 30.9 Å². The molecule has 3 N–H and O–H groups in total. The van der Waals surface area contributed by atoms with Crippen molar-refractivity contribution < 1.29 is 31.9 Å². The smallest absolute Gasteiger partial charge is 0.268 e. The van der Waals surface area contributed by atoms with E-state index >= 15 is 0 Å². The first-order valence-corrected chi connectivity index (χ1v) is 12.0. The molecule has 0 unspecified atom stereocenters. The van der Waals surface area contributed by atoms with Gasteiger partial charge in [-0.3, -0.25) is 14.3 Å². The maximum Gasteiger partial charge on any atom is 0.268 e. The summed E-state index contributed by atoms with van der Waals surface area (Å²) in [4.78, 5) is 26.9. The highest BCUT2D eigenvalue weighted by molar-refractivity contribution is 7.94. The van der Waals surface area contributed by atoms with E-state index in [-0.39, 0.29) is 25.1 Å². The SMILES string of the molecule is O=C(NCc1cc(F)cc(F)c1)[C@@]1(O)CCN(c2ccc3c(c2)C2(CCC2)S(=O)(=O)N3)C1=O. The number of aliphatic hydroxyl groups is 1. The van der Waals surface area contributed by atoms with E-state index in [4.69, 9.17) is 0 Å². The number of benzene rings is 2. The monoisotopic (exact) mass is 477 g/mol. The average Bonchev–Trinajstić information content (AvgIpc) is 3.14. The van der Waals surface area contributed by atoms with Gasteiger partial charge in [-0.1, -0.05) is 0 Å². The fraction of sp³-hybridized carbons (Fsp3) is 0.364. The number of hydrogen-bond acceptors (Lipinski definition) is 5. The molecule has 5 rings (SSSR count). The highest BCUT2D eigenvalue weighted by Gasteiger charge is 2.56. The normalized spacial score (nSPS) is 24.3. The maximum atomic E-state index is 13.4. The fourth-order valence-corrected chi connectivity index (χ4v) is 6.74. The average molecular weight is 477 g/mol. The Morgan fingerprint density at radius 3 is 2.45 bits per heavy atom. The van der Waals surface area contributed by atoms with Crippen LogP contribution in [0, 0.1) is 11.6 Å².